The van der Waals surface area contributed by atoms with Gasteiger partial charge in [0.25, 0.3) is 0 Å². The van der Waals surface area contributed by atoms with Gasteiger partial charge in [0.1, 0.15) is 0 Å². The summed E-state index contributed by atoms with van der Waals surface area (Å²) in [6.07, 6.45) is 0. The zero-order valence-corrected chi connectivity index (χ0v) is 3.94. The minimum absolute atomic E-state index is 2.65. The lowest BCUT2D eigenvalue weighted by atomic mass is 11.6. The summed E-state index contributed by atoms with van der Waals surface area (Å²) in [6, 6.07) is 0. The quantitative estimate of drug-likeness (QED) is 0.347. The van der Waals surface area contributed by atoms with Gasteiger partial charge in [-0.1, -0.05) is 25.3 Å². The van der Waals surface area contributed by atoms with Crippen LogP contribution in [0.15, 0.2) is 0 Å². The summed E-state index contributed by atoms with van der Waals surface area (Å²) in [4.78, 5) is 0. The fourth-order valence-corrected chi connectivity index (χ4v) is 0. The highest BCUT2D eigenvalue weighted by molar-refractivity contribution is 7.99. The Morgan fingerprint density at radius 3 is 1.20 bits per heavy atom. The molecule has 0 N–H and O–H groups in total. The first-order valence-electron chi connectivity index (χ1n) is 0.825. The Hall–Kier alpha value is 0.560. The van der Waals surface area contributed by atoms with Crippen LogP contribution >= 0.6 is 25.3 Å². The molecule has 0 aliphatic rings. The van der Waals surface area contributed by atoms with Gasteiger partial charge >= 0.3 is 4.59 Å². The molecule has 0 unspecified atom stereocenters. The van der Waals surface area contributed by atoms with E-state index in [1.165, 1.54) is 0 Å². The van der Waals surface area contributed by atoms with Crippen LogP contribution in [0.3, 0.4) is 0 Å². The van der Waals surface area contributed by atoms with Crippen molar-refractivity contribution >= 4 is 25.3 Å². The minimum atomic E-state index is -3.11. The van der Waals surface area contributed by atoms with Gasteiger partial charge < -0.3 is 0 Å². The van der Waals surface area contributed by atoms with E-state index in [0.29, 0.717) is 0 Å². The Morgan fingerprint density at radius 2 is 1.20 bits per heavy atom. The summed E-state index contributed by atoms with van der Waals surface area (Å²) < 4.78 is 18.4. The number of halogens is 2. The molecule has 0 saturated carbocycles. The number of thiol groups is 2. The van der Waals surface area contributed by atoms with E-state index in [2.05, 4.69) is 25.3 Å². The van der Waals surface area contributed by atoms with Crippen molar-refractivity contribution in [3.63, 3.8) is 0 Å². The molecule has 0 aliphatic heterocycles. The van der Waals surface area contributed by atoms with Crippen molar-refractivity contribution in [3.8, 4) is 0 Å². The van der Waals surface area contributed by atoms with Crippen LogP contribution in [0.25, 0.3) is 0 Å². The molecule has 32 valence electrons. The third kappa shape index (κ3) is 95.3. The third-order valence-corrected chi connectivity index (χ3v) is 0. The lowest BCUT2D eigenvalue weighted by Gasteiger charge is -1.91. The highest BCUT2D eigenvalue weighted by Gasteiger charge is 2.11. The normalized spacial score (nSPS) is 12.0. The molecule has 0 aromatic carbocycles. The van der Waals surface area contributed by atoms with Crippen LogP contribution in [-0.4, -0.2) is 4.59 Å². The van der Waals surface area contributed by atoms with Crippen LogP contribution in [0.1, 0.15) is 0 Å². The smallest absolute Gasteiger partial charge is 0.183 e. The van der Waals surface area contributed by atoms with Gasteiger partial charge in [-0.3, -0.25) is 0 Å². The first kappa shape index (κ1) is 5.56. The Kier molecular flexibility index (Phi) is 1.49. The molecule has 0 saturated heterocycles. The fraction of sp³-hybridized carbons (Fsp3) is 1.00. The molecule has 4 heteroatoms. The number of hydrogen-bond acceptors (Lipinski definition) is 2. The van der Waals surface area contributed by atoms with Gasteiger partial charge in [0.05, 0.1) is 0 Å². The maximum Gasteiger partial charge on any atom is 0.336 e. The second-order valence-corrected chi connectivity index (χ2v) is 1.99. The third-order valence-electron chi connectivity index (χ3n) is 0. The highest BCUT2D eigenvalue weighted by atomic mass is 32.2. The monoisotopic (exact) mass is 116 g/mol. The van der Waals surface area contributed by atoms with Crippen molar-refractivity contribution in [3.05, 3.63) is 0 Å². The molecule has 0 atom stereocenters. The van der Waals surface area contributed by atoms with Gasteiger partial charge in [-0.25, -0.2) is 0 Å². The van der Waals surface area contributed by atoms with Crippen molar-refractivity contribution in [2.24, 2.45) is 0 Å². The lowest BCUT2D eigenvalue weighted by molar-refractivity contribution is 0.218. The number of hydrogen-bond donors (Lipinski definition) is 2. The van der Waals surface area contributed by atoms with Gasteiger partial charge in [-0.15, -0.1) is 0 Å². The van der Waals surface area contributed by atoms with E-state index in [1.807, 2.05) is 0 Å². The van der Waals surface area contributed by atoms with Gasteiger partial charge in [-0.2, -0.15) is 8.78 Å². The summed E-state index contributed by atoms with van der Waals surface area (Å²) in [7, 11) is 0. The average molecular weight is 116 g/mol. The van der Waals surface area contributed by atoms with Gasteiger partial charge in [-0.05, 0) is 0 Å². The van der Waals surface area contributed by atoms with Gasteiger partial charge in [0.2, 0.25) is 0 Å². The SMILES string of the molecule is FC(F)(S)S. The molecule has 0 rings (SSSR count). The minimum Gasteiger partial charge on any atom is -0.183 e. The Bertz CT molecular complexity index is 23.1. The maximum absolute atomic E-state index is 10.7. The first-order chi connectivity index (χ1) is 2.00. The van der Waals surface area contributed by atoms with Crippen molar-refractivity contribution in [1.29, 1.82) is 0 Å². The van der Waals surface area contributed by atoms with E-state index in [4.69, 9.17) is 0 Å². The molecule has 5 heavy (non-hydrogen) atoms. The topological polar surface area (TPSA) is 0 Å². The van der Waals surface area contributed by atoms with E-state index in [0.717, 1.165) is 0 Å². The largest absolute Gasteiger partial charge is 0.336 e. The average Bonchev–Trinajstić information content (AvgIpc) is 0.722. The predicted octanol–water partition coefficient (Wildman–Crippen LogP) is 1.40. The molecular weight excluding hydrogens is 114 g/mol. The van der Waals surface area contributed by atoms with E-state index >= 15 is 0 Å². The van der Waals surface area contributed by atoms with Crippen molar-refractivity contribution in [2.45, 2.75) is 4.59 Å². The standard InChI is InChI=1S/CH2F2S2/c2-1(3,4)5/h4-5H. The summed E-state index contributed by atoms with van der Waals surface area (Å²) in [5, 5.41) is 0. The Balaban J connectivity index is 3.02. The zero-order chi connectivity index (χ0) is 4.50. The molecule has 0 radical (unpaired) electrons. The molecule has 0 fully saturated rings. The molecule has 0 amide bonds. The zero-order valence-electron chi connectivity index (χ0n) is 2.15. The number of alkyl halides is 2. The number of rotatable bonds is 0. The molecule has 0 aromatic heterocycles. The van der Waals surface area contributed by atoms with Crippen LogP contribution in [0, 0.1) is 0 Å². The van der Waals surface area contributed by atoms with E-state index in [1.54, 1.807) is 0 Å². The van der Waals surface area contributed by atoms with Gasteiger partial charge in [0.15, 0.2) is 0 Å². The van der Waals surface area contributed by atoms with Crippen LogP contribution in [0.5, 0.6) is 0 Å². The second-order valence-electron chi connectivity index (χ2n) is 0.509. The van der Waals surface area contributed by atoms with Crippen LogP contribution in [0.4, 0.5) is 8.78 Å². The fourth-order valence-electron chi connectivity index (χ4n) is 0. The van der Waals surface area contributed by atoms with E-state index < -0.39 is 4.59 Å². The summed E-state index contributed by atoms with van der Waals surface area (Å²) >= 11 is 5.31. The predicted molar refractivity (Wildman–Crippen MR) is 22.9 cm³/mol. The molecule has 0 heterocycles. The van der Waals surface area contributed by atoms with E-state index in [-0.39, 0.29) is 0 Å². The summed E-state index contributed by atoms with van der Waals surface area (Å²) in [5.41, 5.74) is 0. The molecule has 0 aromatic rings. The van der Waals surface area contributed by atoms with E-state index in [9.17, 15) is 8.78 Å². The lowest BCUT2D eigenvalue weighted by Crippen LogP contribution is -1.87. The van der Waals surface area contributed by atoms with Gasteiger partial charge in [0, 0.05) is 0 Å². The molecule has 0 bridgehead atoms. The molecule has 0 nitrogen and oxygen atoms in total. The Morgan fingerprint density at radius 1 is 1.20 bits per heavy atom. The second kappa shape index (κ2) is 1.34. The maximum atomic E-state index is 10.7. The van der Waals surface area contributed by atoms with Crippen molar-refractivity contribution in [1.82, 2.24) is 0 Å². The van der Waals surface area contributed by atoms with Crippen LogP contribution < -0.4 is 0 Å². The molecule has 0 spiro atoms. The Labute approximate surface area is 39.4 Å². The summed E-state index contributed by atoms with van der Waals surface area (Å²) in [5.74, 6) is 0. The molecule has 0 aliphatic carbocycles. The van der Waals surface area contributed by atoms with Crippen molar-refractivity contribution < 1.29 is 8.78 Å². The van der Waals surface area contributed by atoms with Crippen LogP contribution in [-0.2, 0) is 0 Å². The molecular formula is CH2F2S2. The summed E-state index contributed by atoms with van der Waals surface area (Å²) in [6.45, 7) is 0. The van der Waals surface area contributed by atoms with Crippen molar-refractivity contribution in [2.75, 3.05) is 0 Å². The van der Waals surface area contributed by atoms with Crippen LogP contribution in [0.2, 0.25) is 0 Å². The first-order valence-corrected chi connectivity index (χ1v) is 1.72. The highest BCUT2D eigenvalue weighted by Crippen LogP contribution is 2.20.